The van der Waals surface area contributed by atoms with Crippen molar-refractivity contribution in [1.82, 2.24) is 14.8 Å². The van der Waals surface area contributed by atoms with E-state index < -0.39 is 5.82 Å². The molecule has 0 bridgehead atoms. The number of thioether (sulfide) groups is 1. The van der Waals surface area contributed by atoms with Crippen molar-refractivity contribution in [2.45, 2.75) is 30.8 Å². The van der Waals surface area contributed by atoms with E-state index in [1.165, 1.54) is 23.9 Å². The maximum absolute atomic E-state index is 13.2. The van der Waals surface area contributed by atoms with Crippen LogP contribution < -0.4 is 11.4 Å². The summed E-state index contributed by atoms with van der Waals surface area (Å²) in [6, 6.07) is 4.13. The van der Waals surface area contributed by atoms with Crippen LogP contribution in [0.15, 0.2) is 28.2 Å². The molecule has 112 valence electrons. The Hall–Kier alpha value is -2.09. The first-order valence-corrected chi connectivity index (χ1v) is 7.31. The molecule has 0 amide bonds. The molecule has 1 aromatic heterocycles. The van der Waals surface area contributed by atoms with Crippen molar-refractivity contribution in [3.8, 4) is 0 Å². The van der Waals surface area contributed by atoms with Crippen molar-refractivity contribution in [2.75, 3.05) is 0 Å². The summed E-state index contributed by atoms with van der Waals surface area (Å²) in [5, 5.41) is 14.4. The van der Waals surface area contributed by atoms with Crippen molar-refractivity contribution < 1.29 is 4.39 Å². The van der Waals surface area contributed by atoms with Crippen LogP contribution in [-0.4, -0.2) is 20.6 Å². The number of hydrogen-bond donors (Lipinski definition) is 3. The second kappa shape index (κ2) is 6.13. The van der Waals surface area contributed by atoms with E-state index in [4.69, 9.17) is 11.1 Å². The van der Waals surface area contributed by atoms with Crippen LogP contribution in [0.4, 0.5) is 4.39 Å². The summed E-state index contributed by atoms with van der Waals surface area (Å²) in [4.78, 5) is 11.6. The number of benzene rings is 1. The van der Waals surface area contributed by atoms with Gasteiger partial charge in [-0.05, 0) is 31.5 Å². The lowest BCUT2D eigenvalue weighted by Gasteiger charge is -2.10. The number of amidine groups is 1. The van der Waals surface area contributed by atoms with Gasteiger partial charge < -0.3 is 5.73 Å². The van der Waals surface area contributed by atoms with E-state index in [-0.39, 0.29) is 17.6 Å². The fourth-order valence-corrected chi connectivity index (χ4v) is 2.99. The van der Waals surface area contributed by atoms with E-state index in [1.807, 2.05) is 13.8 Å². The van der Waals surface area contributed by atoms with Gasteiger partial charge in [0.05, 0.1) is 0 Å². The van der Waals surface area contributed by atoms with Crippen molar-refractivity contribution >= 4 is 17.6 Å². The van der Waals surface area contributed by atoms with Gasteiger partial charge in [-0.25, -0.2) is 14.3 Å². The summed E-state index contributed by atoms with van der Waals surface area (Å²) in [6.45, 7) is 3.78. The Balaban J connectivity index is 2.25. The van der Waals surface area contributed by atoms with E-state index in [0.717, 1.165) is 5.56 Å². The SMILES string of the molecule is CC(C)n1c(SCc2ccc(F)cc2C(=N)N)n[nH]c1=O. The fourth-order valence-electron chi connectivity index (χ4n) is 1.92. The third kappa shape index (κ3) is 3.33. The molecular formula is C13H16FN5OS. The zero-order valence-corrected chi connectivity index (χ0v) is 12.5. The van der Waals surface area contributed by atoms with E-state index in [2.05, 4.69) is 10.2 Å². The molecule has 2 aromatic rings. The van der Waals surface area contributed by atoms with Gasteiger partial charge in [0.1, 0.15) is 11.7 Å². The molecule has 0 unspecified atom stereocenters. The Morgan fingerprint density at radius 2 is 2.29 bits per heavy atom. The molecule has 0 spiro atoms. The van der Waals surface area contributed by atoms with Crippen LogP contribution >= 0.6 is 11.8 Å². The van der Waals surface area contributed by atoms with E-state index >= 15 is 0 Å². The second-order valence-electron chi connectivity index (χ2n) is 4.78. The van der Waals surface area contributed by atoms with Crippen LogP contribution in [-0.2, 0) is 5.75 Å². The molecule has 0 aliphatic carbocycles. The number of nitrogens with one attached hydrogen (secondary N) is 2. The van der Waals surface area contributed by atoms with Crippen LogP contribution in [0, 0.1) is 11.2 Å². The van der Waals surface area contributed by atoms with Gasteiger partial charge in [-0.1, -0.05) is 17.8 Å². The summed E-state index contributed by atoms with van der Waals surface area (Å²) in [5.74, 6) is -0.187. The molecule has 1 heterocycles. The Kier molecular flexibility index (Phi) is 4.46. The third-order valence-corrected chi connectivity index (χ3v) is 3.91. The van der Waals surface area contributed by atoms with Gasteiger partial charge >= 0.3 is 5.69 Å². The summed E-state index contributed by atoms with van der Waals surface area (Å²) in [7, 11) is 0. The molecule has 0 atom stereocenters. The highest BCUT2D eigenvalue weighted by Crippen LogP contribution is 2.24. The third-order valence-electron chi connectivity index (χ3n) is 2.91. The summed E-state index contributed by atoms with van der Waals surface area (Å²) < 4.78 is 14.8. The number of halogens is 1. The smallest absolute Gasteiger partial charge is 0.344 e. The molecule has 0 radical (unpaired) electrons. The molecule has 6 nitrogen and oxygen atoms in total. The van der Waals surface area contributed by atoms with E-state index in [9.17, 15) is 9.18 Å². The Labute approximate surface area is 125 Å². The highest BCUT2D eigenvalue weighted by molar-refractivity contribution is 7.98. The van der Waals surface area contributed by atoms with Gasteiger partial charge in [-0.3, -0.25) is 9.98 Å². The zero-order valence-electron chi connectivity index (χ0n) is 11.7. The Morgan fingerprint density at radius 3 is 2.90 bits per heavy atom. The van der Waals surface area contributed by atoms with Crippen molar-refractivity contribution in [1.29, 1.82) is 5.41 Å². The molecule has 0 saturated carbocycles. The first-order chi connectivity index (χ1) is 9.90. The average molecular weight is 309 g/mol. The largest absolute Gasteiger partial charge is 0.384 e. The lowest BCUT2D eigenvalue weighted by molar-refractivity contribution is 0.534. The Morgan fingerprint density at radius 1 is 1.57 bits per heavy atom. The van der Waals surface area contributed by atoms with E-state index in [0.29, 0.717) is 16.5 Å². The van der Waals surface area contributed by atoms with Crippen LogP contribution in [0.25, 0.3) is 0 Å². The first kappa shape index (κ1) is 15.3. The maximum atomic E-state index is 13.2. The quantitative estimate of drug-likeness (QED) is 0.446. The number of aromatic nitrogens is 3. The van der Waals surface area contributed by atoms with Gasteiger partial charge in [-0.15, -0.1) is 5.10 Å². The molecule has 1 aromatic carbocycles. The monoisotopic (exact) mass is 309 g/mol. The minimum atomic E-state index is -0.437. The van der Waals surface area contributed by atoms with Crippen LogP contribution in [0.5, 0.6) is 0 Å². The zero-order chi connectivity index (χ0) is 15.6. The first-order valence-electron chi connectivity index (χ1n) is 6.32. The molecule has 4 N–H and O–H groups in total. The average Bonchev–Trinajstić information content (AvgIpc) is 2.78. The molecule has 8 heteroatoms. The number of nitrogens with zero attached hydrogens (tertiary/aromatic N) is 2. The van der Waals surface area contributed by atoms with Gasteiger partial charge in [0.2, 0.25) is 0 Å². The number of nitrogens with two attached hydrogens (primary N) is 1. The topological polar surface area (TPSA) is 101 Å². The van der Waals surface area contributed by atoms with Crippen molar-refractivity contribution in [3.63, 3.8) is 0 Å². The molecule has 21 heavy (non-hydrogen) atoms. The predicted molar refractivity (Wildman–Crippen MR) is 80.2 cm³/mol. The molecule has 0 saturated heterocycles. The van der Waals surface area contributed by atoms with Crippen molar-refractivity contribution in [3.05, 3.63) is 45.6 Å². The summed E-state index contributed by atoms with van der Waals surface area (Å²) >= 11 is 1.33. The summed E-state index contributed by atoms with van der Waals surface area (Å²) in [6.07, 6.45) is 0. The second-order valence-corrected chi connectivity index (χ2v) is 5.72. The lowest BCUT2D eigenvalue weighted by atomic mass is 10.1. The number of rotatable bonds is 5. The van der Waals surface area contributed by atoms with E-state index in [1.54, 1.807) is 10.6 Å². The van der Waals surface area contributed by atoms with Gasteiger partial charge in [-0.2, -0.15) is 0 Å². The summed E-state index contributed by atoms with van der Waals surface area (Å²) in [5.41, 5.74) is 6.28. The molecule has 0 aliphatic heterocycles. The highest BCUT2D eigenvalue weighted by Gasteiger charge is 2.14. The molecule has 0 aliphatic rings. The number of hydrogen-bond acceptors (Lipinski definition) is 4. The lowest BCUT2D eigenvalue weighted by Crippen LogP contribution is -2.19. The minimum Gasteiger partial charge on any atom is -0.384 e. The Bertz CT molecular complexity index is 722. The van der Waals surface area contributed by atoms with Crippen LogP contribution in [0.2, 0.25) is 0 Å². The normalized spacial score (nSPS) is 11.0. The maximum Gasteiger partial charge on any atom is 0.344 e. The van der Waals surface area contributed by atoms with Crippen molar-refractivity contribution in [2.24, 2.45) is 5.73 Å². The van der Waals surface area contributed by atoms with Gasteiger partial charge in [0.15, 0.2) is 5.16 Å². The predicted octanol–water partition coefficient (Wildman–Crippen LogP) is 1.87. The fraction of sp³-hybridized carbons (Fsp3) is 0.308. The minimum absolute atomic E-state index is 0.0146. The highest BCUT2D eigenvalue weighted by atomic mass is 32.2. The molecule has 2 rings (SSSR count). The standard InChI is InChI=1S/C13H16FN5OS/c1-7(2)19-12(20)17-18-13(19)21-6-8-3-4-9(14)5-10(8)11(15)16/h3-5,7H,6H2,1-2H3,(H3,15,16)(H,17,20). The van der Waals surface area contributed by atoms with Crippen LogP contribution in [0.1, 0.15) is 31.0 Å². The van der Waals surface area contributed by atoms with Gasteiger partial charge in [0, 0.05) is 17.4 Å². The molecule has 0 fully saturated rings. The van der Waals surface area contributed by atoms with Gasteiger partial charge in [0.25, 0.3) is 0 Å². The van der Waals surface area contributed by atoms with Crippen LogP contribution in [0.3, 0.4) is 0 Å². The number of aromatic amines is 1. The number of H-pyrrole nitrogens is 1. The molecular weight excluding hydrogens is 293 g/mol. The number of nitrogen functional groups attached to an aromatic ring is 1.